The van der Waals surface area contributed by atoms with Crippen LogP contribution in [0.4, 0.5) is 4.39 Å². The third kappa shape index (κ3) is 4.63. The van der Waals surface area contributed by atoms with Crippen LogP contribution in [-0.2, 0) is 14.8 Å². The smallest absolute Gasteiger partial charge is 0.337 e. The van der Waals surface area contributed by atoms with E-state index in [2.05, 4.69) is 4.72 Å². The molecule has 0 spiro atoms. The highest BCUT2D eigenvalue weighted by molar-refractivity contribution is 7.89. The van der Waals surface area contributed by atoms with Crippen molar-refractivity contribution < 1.29 is 27.4 Å². The zero-order valence-electron chi connectivity index (χ0n) is 11.4. The summed E-state index contributed by atoms with van der Waals surface area (Å²) >= 11 is 5.49. The van der Waals surface area contributed by atoms with Gasteiger partial charge in [-0.1, -0.05) is 18.5 Å². The van der Waals surface area contributed by atoms with Crippen LogP contribution in [0.1, 0.15) is 17.3 Å². The van der Waals surface area contributed by atoms with Crippen LogP contribution in [0.2, 0.25) is 5.02 Å². The van der Waals surface area contributed by atoms with Crippen molar-refractivity contribution in [1.29, 1.82) is 0 Å². The number of carboxylic acids is 1. The van der Waals surface area contributed by atoms with E-state index in [1.807, 2.05) is 0 Å². The molecule has 1 rings (SSSR count). The molecule has 0 aliphatic rings. The number of nitrogens with one attached hydrogen (secondary N) is 1. The predicted molar refractivity (Wildman–Crippen MR) is 74.6 cm³/mol. The fourth-order valence-corrected chi connectivity index (χ4v) is 2.95. The Balaban J connectivity index is 3.06. The molecule has 0 aromatic heterocycles. The highest BCUT2D eigenvalue weighted by atomic mass is 35.5. The van der Waals surface area contributed by atoms with Gasteiger partial charge < -0.3 is 9.84 Å². The summed E-state index contributed by atoms with van der Waals surface area (Å²) in [5.41, 5.74) is -0.609. The first-order valence-corrected chi connectivity index (χ1v) is 7.76. The van der Waals surface area contributed by atoms with Gasteiger partial charge in [-0.3, -0.25) is 0 Å². The summed E-state index contributed by atoms with van der Waals surface area (Å²) < 4.78 is 44.7. The topological polar surface area (TPSA) is 92.7 Å². The van der Waals surface area contributed by atoms with Crippen LogP contribution in [0.5, 0.6) is 0 Å². The van der Waals surface area contributed by atoms with Crippen molar-refractivity contribution in [2.75, 3.05) is 20.3 Å². The Morgan fingerprint density at radius 2 is 2.14 bits per heavy atom. The summed E-state index contributed by atoms with van der Waals surface area (Å²) in [4.78, 5) is 10.4. The van der Waals surface area contributed by atoms with E-state index in [0.29, 0.717) is 12.7 Å². The molecule has 118 valence electrons. The van der Waals surface area contributed by atoms with Gasteiger partial charge in [-0.25, -0.2) is 22.3 Å². The lowest BCUT2D eigenvalue weighted by Crippen LogP contribution is -2.30. The van der Waals surface area contributed by atoms with E-state index in [1.165, 1.54) is 7.11 Å². The van der Waals surface area contributed by atoms with E-state index < -0.39 is 37.3 Å². The Bertz CT molecular complexity index is 635. The van der Waals surface area contributed by atoms with Crippen molar-refractivity contribution in [3.05, 3.63) is 28.5 Å². The number of rotatable bonds is 7. The first-order valence-electron chi connectivity index (χ1n) is 5.90. The molecule has 1 unspecified atom stereocenters. The van der Waals surface area contributed by atoms with E-state index in [-0.39, 0.29) is 12.5 Å². The maximum absolute atomic E-state index is 13.5. The standard InChI is InChI=1S/C12H15ClFNO5S/c1-7(6-20-2)5-15-21(18,19)8-3-9(12(16)17)11(13)10(14)4-8/h3-4,7,15H,5-6H2,1-2H3,(H,16,17). The second-order valence-electron chi connectivity index (χ2n) is 4.48. The molecule has 0 aliphatic heterocycles. The third-order valence-corrected chi connectivity index (χ3v) is 4.40. The average Bonchev–Trinajstić information content (AvgIpc) is 2.39. The molecular weight excluding hydrogens is 325 g/mol. The van der Waals surface area contributed by atoms with Crippen molar-refractivity contribution in [3.8, 4) is 0 Å². The minimum absolute atomic E-state index is 0.0722. The van der Waals surface area contributed by atoms with Gasteiger partial charge >= 0.3 is 5.97 Å². The Hall–Kier alpha value is -1.22. The molecule has 6 nitrogen and oxygen atoms in total. The van der Waals surface area contributed by atoms with Gasteiger partial charge in [0, 0.05) is 20.3 Å². The van der Waals surface area contributed by atoms with E-state index in [0.717, 1.165) is 6.07 Å². The van der Waals surface area contributed by atoms with Crippen LogP contribution in [-0.4, -0.2) is 39.8 Å². The van der Waals surface area contributed by atoms with Crippen LogP contribution >= 0.6 is 11.6 Å². The van der Waals surface area contributed by atoms with Crippen molar-refractivity contribution in [2.24, 2.45) is 5.92 Å². The van der Waals surface area contributed by atoms with Crippen molar-refractivity contribution in [3.63, 3.8) is 0 Å². The van der Waals surface area contributed by atoms with Gasteiger partial charge in [-0.05, 0) is 18.1 Å². The quantitative estimate of drug-likeness (QED) is 0.789. The number of carbonyl (C=O) groups is 1. The summed E-state index contributed by atoms with van der Waals surface area (Å²) in [5.74, 6) is -2.72. The molecule has 1 aromatic carbocycles. The van der Waals surface area contributed by atoms with Gasteiger partial charge in [0.15, 0.2) is 0 Å². The van der Waals surface area contributed by atoms with Crippen LogP contribution in [0.15, 0.2) is 17.0 Å². The molecule has 0 heterocycles. The molecule has 0 saturated carbocycles. The monoisotopic (exact) mass is 339 g/mol. The number of aromatic carboxylic acids is 1. The summed E-state index contributed by atoms with van der Waals surface area (Å²) in [6, 6.07) is 1.50. The minimum atomic E-state index is -4.04. The Kier molecular flexibility index (Phi) is 6.09. The molecule has 0 fully saturated rings. The predicted octanol–water partition coefficient (Wildman–Crippen LogP) is 1.74. The molecule has 1 atom stereocenters. The molecule has 9 heteroatoms. The summed E-state index contributed by atoms with van der Waals surface area (Å²) in [6.07, 6.45) is 0. The van der Waals surface area contributed by atoms with E-state index >= 15 is 0 Å². The normalized spacial score (nSPS) is 13.1. The highest BCUT2D eigenvalue weighted by Crippen LogP contribution is 2.24. The number of benzene rings is 1. The average molecular weight is 340 g/mol. The van der Waals surface area contributed by atoms with Gasteiger partial charge in [0.1, 0.15) is 5.82 Å². The second-order valence-corrected chi connectivity index (χ2v) is 6.63. The maximum Gasteiger partial charge on any atom is 0.337 e. The lowest BCUT2D eigenvalue weighted by molar-refractivity contribution is 0.0696. The molecule has 0 bridgehead atoms. The number of halogens is 2. The van der Waals surface area contributed by atoms with Gasteiger partial charge in [0.25, 0.3) is 0 Å². The fourth-order valence-electron chi connectivity index (χ4n) is 1.55. The zero-order chi connectivity index (χ0) is 16.2. The number of hydrogen-bond donors (Lipinski definition) is 2. The molecule has 0 amide bonds. The molecule has 21 heavy (non-hydrogen) atoms. The molecule has 0 radical (unpaired) electrons. The minimum Gasteiger partial charge on any atom is -0.478 e. The maximum atomic E-state index is 13.5. The van der Waals surface area contributed by atoms with Crippen molar-refractivity contribution in [2.45, 2.75) is 11.8 Å². The molecule has 1 aromatic rings. The Labute approximate surface area is 126 Å². The number of ether oxygens (including phenoxy) is 1. The SMILES string of the molecule is COCC(C)CNS(=O)(=O)c1cc(F)c(Cl)c(C(=O)O)c1. The van der Waals surface area contributed by atoms with Crippen molar-refractivity contribution in [1.82, 2.24) is 4.72 Å². The van der Waals surface area contributed by atoms with Crippen LogP contribution in [0.3, 0.4) is 0 Å². The van der Waals surface area contributed by atoms with Gasteiger partial charge in [0.2, 0.25) is 10.0 Å². The first kappa shape index (κ1) is 17.8. The third-order valence-electron chi connectivity index (χ3n) is 2.62. The molecule has 0 aliphatic carbocycles. The van der Waals surface area contributed by atoms with E-state index in [9.17, 15) is 17.6 Å². The number of sulfonamides is 1. The number of methoxy groups -OCH3 is 1. The van der Waals surface area contributed by atoms with Gasteiger partial charge in [-0.15, -0.1) is 0 Å². The Morgan fingerprint density at radius 3 is 2.67 bits per heavy atom. The number of hydrogen-bond acceptors (Lipinski definition) is 4. The summed E-state index contributed by atoms with van der Waals surface area (Å²) in [5, 5.41) is 8.26. The van der Waals surface area contributed by atoms with Crippen LogP contribution in [0, 0.1) is 11.7 Å². The molecule has 2 N–H and O–H groups in total. The van der Waals surface area contributed by atoms with Crippen LogP contribution < -0.4 is 4.72 Å². The van der Waals surface area contributed by atoms with Gasteiger partial charge in [-0.2, -0.15) is 0 Å². The van der Waals surface area contributed by atoms with E-state index in [4.69, 9.17) is 21.4 Å². The molecular formula is C12H15ClFNO5S. The van der Waals surface area contributed by atoms with Crippen LogP contribution in [0.25, 0.3) is 0 Å². The van der Waals surface area contributed by atoms with Crippen molar-refractivity contribution >= 4 is 27.6 Å². The highest BCUT2D eigenvalue weighted by Gasteiger charge is 2.22. The lowest BCUT2D eigenvalue weighted by atomic mass is 10.2. The van der Waals surface area contributed by atoms with Gasteiger partial charge in [0.05, 0.1) is 15.5 Å². The molecule has 0 saturated heterocycles. The number of carboxylic acid groups (broad SMARTS) is 1. The summed E-state index contributed by atoms with van der Waals surface area (Å²) in [7, 11) is -2.55. The second kappa shape index (κ2) is 7.17. The zero-order valence-corrected chi connectivity index (χ0v) is 13.0. The fraction of sp³-hybridized carbons (Fsp3) is 0.417. The lowest BCUT2D eigenvalue weighted by Gasteiger charge is -2.13. The Morgan fingerprint density at radius 1 is 1.52 bits per heavy atom. The first-order chi connectivity index (χ1) is 9.69. The van der Waals surface area contributed by atoms with E-state index in [1.54, 1.807) is 6.92 Å². The summed E-state index contributed by atoms with van der Waals surface area (Å²) in [6.45, 7) is 2.18. The largest absolute Gasteiger partial charge is 0.478 e.